The van der Waals surface area contributed by atoms with Gasteiger partial charge in [-0.1, -0.05) is 0 Å². The van der Waals surface area contributed by atoms with E-state index >= 15 is 0 Å². The van der Waals surface area contributed by atoms with Gasteiger partial charge < -0.3 is 10.6 Å². The van der Waals surface area contributed by atoms with E-state index in [4.69, 9.17) is 5.73 Å². The molecule has 1 aromatic heterocycles. The number of nitrogens with two attached hydrogens (primary N) is 1. The summed E-state index contributed by atoms with van der Waals surface area (Å²) in [5.74, 6) is 2.47. The standard InChI is InChI=1S/C14H17N3S/c15-13-2-3-14(11-4-5-16-10-12(11)13)17-6-1-8-18-9-7-17/h2-5,10H,1,6-9,15H2. The number of rotatable bonds is 1. The Bertz CT molecular complexity index is 548. The van der Waals surface area contributed by atoms with E-state index in [1.165, 1.54) is 29.0 Å². The number of fused-ring (bicyclic) bond motifs is 1. The molecule has 2 N–H and O–H groups in total. The van der Waals surface area contributed by atoms with E-state index in [1.807, 2.05) is 30.2 Å². The van der Waals surface area contributed by atoms with Crippen LogP contribution >= 0.6 is 11.8 Å². The summed E-state index contributed by atoms with van der Waals surface area (Å²) in [4.78, 5) is 6.65. The predicted octanol–water partition coefficient (Wildman–Crippen LogP) is 2.76. The maximum absolute atomic E-state index is 6.02. The molecule has 4 heteroatoms. The van der Waals surface area contributed by atoms with Crippen LogP contribution in [-0.2, 0) is 0 Å². The number of nitrogen functional groups attached to an aromatic ring is 1. The van der Waals surface area contributed by atoms with Gasteiger partial charge in [-0.25, -0.2) is 0 Å². The molecular formula is C14H17N3S. The van der Waals surface area contributed by atoms with Gasteiger partial charge in [-0.3, -0.25) is 4.98 Å². The van der Waals surface area contributed by atoms with Crippen LogP contribution in [0.1, 0.15) is 6.42 Å². The monoisotopic (exact) mass is 259 g/mol. The maximum Gasteiger partial charge on any atom is 0.0448 e. The Hall–Kier alpha value is -1.42. The van der Waals surface area contributed by atoms with Crippen LogP contribution < -0.4 is 10.6 Å². The Morgan fingerprint density at radius 3 is 3.00 bits per heavy atom. The number of pyridine rings is 1. The topological polar surface area (TPSA) is 42.1 Å². The summed E-state index contributed by atoms with van der Waals surface area (Å²) in [5, 5.41) is 2.28. The second kappa shape index (κ2) is 5.06. The van der Waals surface area contributed by atoms with Gasteiger partial charge in [0.2, 0.25) is 0 Å². The fourth-order valence-corrected chi connectivity index (χ4v) is 3.35. The summed E-state index contributed by atoms with van der Waals surface area (Å²) in [7, 11) is 0. The van der Waals surface area contributed by atoms with Crippen molar-refractivity contribution in [3.63, 3.8) is 0 Å². The molecule has 0 atom stereocenters. The van der Waals surface area contributed by atoms with Gasteiger partial charge in [0.1, 0.15) is 0 Å². The molecule has 1 aliphatic heterocycles. The van der Waals surface area contributed by atoms with Gasteiger partial charge >= 0.3 is 0 Å². The van der Waals surface area contributed by atoms with Crippen molar-refractivity contribution in [2.24, 2.45) is 0 Å². The lowest BCUT2D eigenvalue weighted by Gasteiger charge is -2.24. The molecule has 1 aromatic carbocycles. The highest BCUT2D eigenvalue weighted by Gasteiger charge is 2.13. The predicted molar refractivity (Wildman–Crippen MR) is 80.3 cm³/mol. The van der Waals surface area contributed by atoms with E-state index in [-0.39, 0.29) is 0 Å². The van der Waals surface area contributed by atoms with Crippen molar-refractivity contribution in [3.8, 4) is 0 Å². The molecule has 94 valence electrons. The van der Waals surface area contributed by atoms with E-state index < -0.39 is 0 Å². The van der Waals surface area contributed by atoms with Gasteiger partial charge in [0.15, 0.2) is 0 Å². The van der Waals surface area contributed by atoms with Crippen LogP contribution in [0.15, 0.2) is 30.6 Å². The van der Waals surface area contributed by atoms with Gasteiger partial charge in [-0.15, -0.1) is 0 Å². The molecule has 0 aliphatic carbocycles. The average molecular weight is 259 g/mol. The first-order chi connectivity index (χ1) is 8.86. The highest BCUT2D eigenvalue weighted by atomic mass is 32.2. The number of aromatic nitrogens is 1. The van der Waals surface area contributed by atoms with E-state index in [0.717, 1.165) is 24.2 Å². The maximum atomic E-state index is 6.02. The van der Waals surface area contributed by atoms with Crippen molar-refractivity contribution >= 4 is 33.9 Å². The molecule has 1 aliphatic rings. The largest absolute Gasteiger partial charge is 0.398 e. The lowest BCUT2D eigenvalue weighted by molar-refractivity contribution is 0.819. The van der Waals surface area contributed by atoms with Crippen LogP contribution in [0.25, 0.3) is 10.8 Å². The first-order valence-corrected chi connectivity index (χ1v) is 7.46. The molecule has 2 aromatic rings. The van der Waals surface area contributed by atoms with Crippen molar-refractivity contribution in [1.29, 1.82) is 0 Å². The highest BCUT2D eigenvalue weighted by Crippen LogP contribution is 2.31. The van der Waals surface area contributed by atoms with Crippen LogP contribution in [0.4, 0.5) is 11.4 Å². The van der Waals surface area contributed by atoms with Crippen molar-refractivity contribution in [1.82, 2.24) is 4.98 Å². The molecule has 3 rings (SSSR count). The SMILES string of the molecule is Nc1ccc(N2CCCSCC2)c2ccncc12. The Labute approximate surface area is 111 Å². The fraction of sp³-hybridized carbons (Fsp3) is 0.357. The summed E-state index contributed by atoms with van der Waals surface area (Å²) in [5.41, 5.74) is 8.13. The van der Waals surface area contributed by atoms with Crippen molar-refractivity contribution < 1.29 is 0 Å². The molecule has 0 saturated carbocycles. The zero-order valence-corrected chi connectivity index (χ0v) is 11.1. The van der Waals surface area contributed by atoms with Gasteiger partial charge in [-0.2, -0.15) is 11.8 Å². The van der Waals surface area contributed by atoms with Crippen molar-refractivity contribution in [2.45, 2.75) is 6.42 Å². The quantitative estimate of drug-likeness (QED) is 0.800. The number of anilines is 2. The average Bonchev–Trinajstić information content (AvgIpc) is 2.68. The molecule has 1 fully saturated rings. The molecule has 3 nitrogen and oxygen atoms in total. The van der Waals surface area contributed by atoms with Crippen LogP contribution in [-0.4, -0.2) is 29.6 Å². The molecule has 1 saturated heterocycles. The lowest BCUT2D eigenvalue weighted by Crippen LogP contribution is -2.25. The summed E-state index contributed by atoms with van der Waals surface area (Å²) in [6.07, 6.45) is 4.96. The minimum absolute atomic E-state index is 0.811. The Morgan fingerprint density at radius 1 is 1.11 bits per heavy atom. The zero-order valence-electron chi connectivity index (χ0n) is 10.3. The molecule has 0 unspecified atom stereocenters. The van der Waals surface area contributed by atoms with Gasteiger partial charge in [0.05, 0.1) is 0 Å². The number of benzene rings is 1. The lowest BCUT2D eigenvalue weighted by atomic mass is 10.1. The molecule has 18 heavy (non-hydrogen) atoms. The van der Waals surface area contributed by atoms with Crippen molar-refractivity contribution in [3.05, 3.63) is 30.6 Å². The second-order valence-electron chi connectivity index (χ2n) is 4.55. The number of thioether (sulfide) groups is 1. The summed E-state index contributed by atoms with van der Waals surface area (Å²) in [6.45, 7) is 2.25. The Balaban J connectivity index is 2.08. The third-order valence-corrected chi connectivity index (χ3v) is 4.44. The summed E-state index contributed by atoms with van der Waals surface area (Å²) >= 11 is 2.04. The normalized spacial score (nSPS) is 16.8. The zero-order chi connectivity index (χ0) is 12.4. The van der Waals surface area contributed by atoms with E-state index in [2.05, 4.69) is 22.0 Å². The van der Waals surface area contributed by atoms with Crippen LogP contribution in [0.3, 0.4) is 0 Å². The van der Waals surface area contributed by atoms with Crippen LogP contribution in [0.2, 0.25) is 0 Å². The van der Waals surface area contributed by atoms with Gasteiger partial charge in [0, 0.05) is 53.4 Å². The Kier molecular flexibility index (Phi) is 3.28. The number of nitrogens with zero attached hydrogens (tertiary/aromatic N) is 2. The third-order valence-electron chi connectivity index (χ3n) is 3.39. The molecule has 0 amide bonds. The van der Waals surface area contributed by atoms with Crippen LogP contribution in [0, 0.1) is 0 Å². The summed E-state index contributed by atoms with van der Waals surface area (Å²) in [6, 6.07) is 6.21. The van der Waals surface area contributed by atoms with E-state index in [1.54, 1.807) is 0 Å². The molecule has 0 bridgehead atoms. The van der Waals surface area contributed by atoms with E-state index in [0.29, 0.717) is 0 Å². The first kappa shape index (κ1) is 11.7. The van der Waals surface area contributed by atoms with Crippen LogP contribution in [0.5, 0.6) is 0 Å². The van der Waals surface area contributed by atoms with Crippen molar-refractivity contribution in [2.75, 3.05) is 35.2 Å². The first-order valence-electron chi connectivity index (χ1n) is 6.31. The number of hydrogen-bond donors (Lipinski definition) is 1. The van der Waals surface area contributed by atoms with E-state index in [9.17, 15) is 0 Å². The van der Waals surface area contributed by atoms with Gasteiger partial charge in [0.25, 0.3) is 0 Å². The highest BCUT2D eigenvalue weighted by molar-refractivity contribution is 7.99. The second-order valence-corrected chi connectivity index (χ2v) is 5.77. The smallest absolute Gasteiger partial charge is 0.0448 e. The minimum atomic E-state index is 0.811. The minimum Gasteiger partial charge on any atom is -0.398 e. The molecular weight excluding hydrogens is 242 g/mol. The molecule has 0 spiro atoms. The molecule has 0 radical (unpaired) electrons. The fourth-order valence-electron chi connectivity index (χ4n) is 2.46. The molecule has 2 heterocycles. The van der Waals surface area contributed by atoms with Gasteiger partial charge in [-0.05, 0) is 30.4 Å². The number of hydrogen-bond acceptors (Lipinski definition) is 4. The third kappa shape index (κ3) is 2.12. The Morgan fingerprint density at radius 2 is 2.06 bits per heavy atom. The summed E-state index contributed by atoms with van der Waals surface area (Å²) < 4.78 is 0.